The van der Waals surface area contributed by atoms with Gasteiger partial charge in [0.1, 0.15) is 11.6 Å². The number of benzene rings is 2. The third-order valence-electron chi connectivity index (χ3n) is 4.72. The first kappa shape index (κ1) is 21.3. The lowest BCUT2D eigenvalue weighted by molar-refractivity contribution is 0.100. The van der Waals surface area contributed by atoms with Gasteiger partial charge in [0.15, 0.2) is 5.82 Å². The number of rotatable bonds is 8. The number of nitrogens with zero attached hydrogens (tertiary/aromatic N) is 2. The van der Waals surface area contributed by atoms with Crippen LogP contribution in [0.4, 0.5) is 5.82 Å². The van der Waals surface area contributed by atoms with Gasteiger partial charge < -0.3 is 21.9 Å². The van der Waals surface area contributed by atoms with Crippen LogP contribution in [-0.4, -0.2) is 33.6 Å². The number of carbonyl (C=O) groups excluding carboxylic acids is 1. The Morgan fingerprint density at radius 3 is 2.47 bits per heavy atom. The van der Waals surface area contributed by atoms with Gasteiger partial charge in [0, 0.05) is 24.3 Å². The lowest BCUT2D eigenvalue weighted by Crippen LogP contribution is -2.30. The van der Waals surface area contributed by atoms with Crippen LogP contribution in [0, 0.1) is 5.92 Å². The van der Waals surface area contributed by atoms with Crippen molar-refractivity contribution in [2.45, 2.75) is 26.3 Å². The van der Waals surface area contributed by atoms with Crippen LogP contribution in [0.25, 0.3) is 22.5 Å². The Morgan fingerprint density at radius 1 is 1.10 bits per heavy atom. The summed E-state index contributed by atoms with van der Waals surface area (Å²) in [5.41, 5.74) is 14.1. The van der Waals surface area contributed by atoms with Crippen molar-refractivity contribution in [3.63, 3.8) is 0 Å². The average molecular weight is 406 g/mol. The molecule has 0 aliphatic carbocycles. The molecule has 0 fully saturated rings. The standard InChI is InChI=1S/C23H27N5O2/c1-14(2)11-18(24)13-27-21-9-10-26-23(28-21)19-12-17(7-8-20(19)29)15-3-5-16(6-4-15)22(25)30/h3-10,12,14,18,29H,11,13,24H2,1-2H3,(H2,25,30)(H,26,27,28). The molecule has 0 spiro atoms. The maximum absolute atomic E-state index is 11.3. The van der Waals surface area contributed by atoms with Crippen LogP contribution in [0.1, 0.15) is 30.6 Å². The van der Waals surface area contributed by atoms with Crippen molar-refractivity contribution in [3.05, 3.63) is 60.3 Å². The molecule has 1 atom stereocenters. The average Bonchev–Trinajstić information content (AvgIpc) is 2.72. The van der Waals surface area contributed by atoms with E-state index in [4.69, 9.17) is 11.5 Å². The van der Waals surface area contributed by atoms with Crippen molar-refractivity contribution < 1.29 is 9.90 Å². The molecule has 6 N–H and O–H groups in total. The highest BCUT2D eigenvalue weighted by molar-refractivity contribution is 5.93. The van der Waals surface area contributed by atoms with Gasteiger partial charge in [-0.2, -0.15) is 0 Å². The molecule has 0 aliphatic rings. The Balaban J connectivity index is 1.83. The zero-order valence-corrected chi connectivity index (χ0v) is 17.2. The predicted octanol–water partition coefficient (Wildman–Crippen LogP) is 3.40. The van der Waals surface area contributed by atoms with Gasteiger partial charge in [0.25, 0.3) is 0 Å². The van der Waals surface area contributed by atoms with Gasteiger partial charge in [-0.15, -0.1) is 0 Å². The summed E-state index contributed by atoms with van der Waals surface area (Å²) in [5, 5.41) is 13.6. The minimum absolute atomic E-state index is 0.0310. The molecular formula is C23H27N5O2. The molecule has 1 unspecified atom stereocenters. The minimum Gasteiger partial charge on any atom is -0.507 e. The number of anilines is 1. The molecule has 0 radical (unpaired) electrons. The van der Waals surface area contributed by atoms with Gasteiger partial charge in [-0.1, -0.05) is 32.0 Å². The zero-order valence-electron chi connectivity index (χ0n) is 17.2. The van der Waals surface area contributed by atoms with Crippen molar-refractivity contribution in [3.8, 4) is 28.3 Å². The second-order valence-corrected chi connectivity index (χ2v) is 7.71. The molecule has 30 heavy (non-hydrogen) atoms. The number of hydrogen-bond donors (Lipinski definition) is 4. The highest BCUT2D eigenvalue weighted by Crippen LogP contribution is 2.32. The molecule has 7 heteroatoms. The zero-order chi connectivity index (χ0) is 21.7. The number of aromatic nitrogens is 2. The molecular weight excluding hydrogens is 378 g/mol. The quantitative estimate of drug-likeness (QED) is 0.455. The Morgan fingerprint density at radius 2 is 1.80 bits per heavy atom. The molecule has 3 rings (SSSR count). The molecule has 0 aliphatic heterocycles. The molecule has 0 saturated carbocycles. The Hall–Kier alpha value is -3.45. The minimum atomic E-state index is -0.473. The fourth-order valence-electron chi connectivity index (χ4n) is 3.23. The first-order chi connectivity index (χ1) is 14.3. The fourth-order valence-corrected chi connectivity index (χ4v) is 3.23. The number of phenols is 1. The van der Waals surface area contributed by atoms with Crippen LogP contribution >= 0.6 is 0 Å². The third-order valence-corrected chi connectivity index (χ3v) is 4.72. The van der Waals surface area contributed by atoms with E-state index < -0.39 is 5.91 Å². The number of carbonyl (C=O) groups is 1. The summed E-state index contributed by atoms with van der Waals surface area (Å²) in [4.78, 5) is 20.1. The summed E-state index contributed by atoms with van der Waals surface area (Å²) < 4.78 is 0. The van der Waals surface area contributed by atoms with Crippen LogP contribution in [-0.2, 0) is 0 Å². The number of phenolic OH excluding ortho intramolecular Hbond substituents is 1. The van der Waals surface area contributed by atoms with Crippen molar-refractivity contribution in [1.29, 1.82) is 0 Å². The van der Waals surface area contributed by atoms with Crippen molar-refractivity contribution >= 4 is 11.7 Å². The summed E-state index contributed by atoms with van der Waals surface area (Å²) in [5.74, 6) is 1.19. The van der Waals surface area contributed by atoms with E-state index >= 15 is 0 Å². The second kappa shape index (κ2) is 9.37. The number of nitrogens with one attached hydrogen (secondary N) is 1. The van der Waals surface area contributed by atoms with Gasteiger partial charge in [-0.05, 0) is 53.8 Å². The van der Waals surface area contributed by atoms with Crippen LogP contribution in [0.3, 0.4) is 0 Å². The summed E-state index contributed by atoms with van der Waals surface area (Å²) in [6.07, 6.45) is 2.56. The van der Waals surface area contributed by atoms with E-state index in [-0.39, 0.29) is 11.8 Å². The lowest BCUT2D eigenvalue weighted by atomic mass is 10.0. The second-order valence-electron chi connectivity index (χ2n) is 7.71. The SMILES string of the molecule is CC(C)CC(N)CNc1ccnc(-c2cc(-c3ccc(C(N)=O)cc3)ccc2O)n1. The molecule has 1 aromatic heterocycles. The van der Waals surface area contributed by atoms with E-state index in [0.717, 1.165) is 17.5 Å². The van der Waals surface area contributed by atoms with Crippen LogP contribution in [0.2, 0.25) is 0 Å². The Kier molecular flexibility index (Phi) is 6.64. The fraction of sp³-hybridized carbons (Fsp3) is 0.261. The number of hydrogen-bond acceptors (Lipinski definition) is 6. The summed E-state index contributed by atoms with van der Waals surface area (Å²) in [6, 6.07) is 14.0. The molecule has 3 aromatic rings. The highest BCUT2D eigenvalue weighted by Gasteiger charge is 2.12. The van der Waals surface area contributed by atoms with E-state index in [1.165, 1.54) is 0 Å². The smallest absolute Gasteiger partial charge is 0.248 e. The Labute approximate surface area is 176 Å². The topological polar surface area (TPSA) is 127 Å². The van der Waals surface area contributed by atoms with E-state index in [9.17, 15) is 9.90 Å². The van der Waals surface area contributed by atoms with Gasteiger partial charge in [0.2, 0.25) is 5.91 Å². The summed E-state index contributed by atoms with van der Waals surface area (Å²) in [6.45, 7) is 4.88. The van der Waals surface area contributed by atoms with Gasteiger partial charge in [-0.25, -0.2) is 9.97 Å². The number of amides is 1. The molecule has 7 nitrogen and oxygen atoms in total. The van der Waals surface area contributed by atoms with Crippen molar-refractivity contribution in [1.82, 2.24) is 9.97 Å². The largest absolute Gasteiger partial charge is 0.507 e. The van der Waals surface area contributed by atoms with E-state index in [2.05, 4.69) is 29.1 Å². The van der Waals surface area contributed by atoms with Gasteiger partial charge in [0.05, 0.1) is 5.56 Å². The molecule has 0 saturated heterocycles. The van der Waals surface area contributed by atoms with Crippen molar-refractivity contribution in [2.75, 3.05) is 11.9 Å². The predicted molar refractivity (Wildman–Crippen MR) is 119 cm³/mol. The number of nitrogens with two attached hydrogens (primary N) is 2. The molecule has 0 bridgehead atoms. The normalized spacial score (nSPS) is 12.0. The van der Waals surface area contributed by atoms with Crippen LogP contribution in [0.5, 0.6) is 5.75 Å². The van der Waals surface area contributed by atoms with Crippen LogP contribution in [0.15, 0.2) is 54.7 Å². The molecule has 1 amide bonds. The van der Waals surface area contributed by atoms with Crippen LogP contribution < -0.4 is 16.8 Å². The van der Waals surface area contributed by atoms with E-state index in [1.807, 2.05) is 18.2 Å². The van der Waals surface area contributed by atoms with Gasteiger partial charge in [-0.3, -0.25) is 4.79 Å². The first-order valence-electron chi connectivity index (χ1n) is 9.89. The molecule has 156 valence electrons. The third kappa shape index (κ3) is 5.33. The first-order valence-corrected chi connectivity index (χ1v) is 9.89. The number of aromatic hydroxyl groups is 1. The summed E-state index contributed by atoms with van der Waals surface area (Å²) in [7, 11) is 0. The summed E-state index contributed by atoms with van der Waals surface area (Å²) >= 11 is 0. The number of primary amides is 1. The Bertz CT molecular complexity index is 1020. The monoisotopic (exact) mass is 405 g/mol. The van der Waals surface area contributed by atoms with E-state index in [1.54, 1.807) is 36.5 Å². The van der Waals surface area contributed by atoms with E-state index in [0.29, 0.717) is 35.2 Å². The van der Waals surface area contributed by atoms with Gasteiger partial charge >= 0.3 is 0 Å². The van der Waals surface area contributed by atoms with Crippen molar-refractivity contribution in [2.24, 2.45) is 17.4 Å². The lowest BCUT2D eigenvalue weighted by Gasteiger charge is -2.15. The maximum Gasteiger partial charge on any atom is 0.248 e. The molecule has 2 aromatic carbocycles. The molecule has 1 heterocycles. The highest BCUT2D eigenvalue weighted by atomic mass is 16.3. The maximum atomic E-state index is 11.3.